The van der Waals surface area contributed by atoms with E-state index < -0.39 is 0 Å². The fraction of sp³-hybridized carbons (Fsp3) is 0.0800. The first-order chi connectivity index (χ1) is 24.4. The SMILES string of the molecule is Cc1ccc(-c2ccc3c(c2)C(C)(C)c2cc4c(-c5ccc6ccccc6c5)c5ccccc5c(-c5ccc6ccccc6c5)c4cc2-3)cc1. The lowest BCUT2D eigenvalue weighted by atomic mass is 9.79. The third-order valence-corrected chi connectivity index (χ3v) is 11.3. The molecule has 0 N–H and O–H groups in total. The van der Waals surface area contributed by atoms with Gasteiger partial charge in [-0.2, -0.15) is 0 Å². The minimum atomic E-state index is -0.158. The molecule has 50 heavy (non-hydrogen) atoms. The number of rotatable bonds is 3. The van der Waals surface area contributed by atoms with Crippen LogP contribution in [0.4, 0.5) is 0 Å². The van der Waals surface area contributed by atoms with E-state index in [-0.39, 0.29) is 5.41 Å². The fourth-order valence-corrected chi connectivity index (χ4v) is 8.64. The van der Waals surface area contributed by atoms with Gasteiger partial charge in [-0.3, -0.25) is 0 Å². The lowest BCUT2D eigenvalue weighted by molar-refractivity contribution is 0.661. The van der Waals surface area contributed by atoms with Crippen LogP contribution in [0, 0.1) is 6.92 Å². The Morgan fingerprint density at radius 1 is 0.340 bits per heavy atom. The summed E-state index contributed by atoms with van der Waals surface area (Å²) in [6.45, 7) is 6.96. The van der Waals surface area contributed by atoms with E-state index in [0.717, 1.165) is 0 Å². The number of aryl methyl sites for hydroxylation is 1. The van der Waals surface area contributed by atoms with Crippen molar-refractivity contribution < 1.29 is 0 Å². The van der Waals surface area contributed by atoms with Gasteiger partial charge < -0.3 is 0 Å². The minimum Gasteiger partial charge on any atom is -0.0616 e. The zero-order valence-electron chi connectivity index (χ0n) is 28.6. The minimum absolute atomic E-state index is 0.158. The second-order valence-electron chi connectivity index (χ2n) is 14.6. The molecule has 0 radical (unpaired) electrons. The van der Waals surface area contributed by atoms with Crippen molar-refractivity contribution in [2.45, 2.75) is 26.2 Å². The van der Waals surface area contributed by atoms with Gasteiger partial charge in [0.15, 0.2) is 0 Å². The van der Waals surface area contributed by atoms with Gasteiger partial charge in [-0.25, -0.2) is 0 Å². The highest BCUT2D eigenvalue weighted by Crippen LogP contribution is 2.54. The molecule has 0 aromatic heterocycles. The van der Waals surface area contributed by atoms with Crippen molar-refractivity contribution >= 4 is 43.1 Å². The normalized spacial score (nSPS) is 13.3. The summed E-state index contributed by atoms with van der Waals surface area (Å²) in [5.41, 5.74) is 14.2. The van der Waals surface area contributed by atoms with Gasteiger partial charge in [0.1, 0.15) is 0 Å². The molecule has 0 nitrogen and oxygen atoms in total. The number of hydrogen-bond donors (Lipinski definition) is 0. The van der Waals surface area contributed by atoms with E-state index in [1.165, 1.54) is 104 Å². The Labute approximate surface area is 293 Å². The van der Waals surface area contributed by atoms with Crippen LogP contribution in [-0.4, -0.2) is 0 Å². The third-order valence-electron chi connectivity index (χ3n) is 11.3. The first kappa shape index (κ1) is 29.0. The summed E-state index contributed by atoms with van der Waals surface area (Å²) in [5, 5.41) is 10.2. The van der Waals surface area contributed by atoms with E-state index in [1.54, 1.807) is 0 Å². The van der Waals surface area contributed by atoms with Crippen LogP contribution in [0.3, 0.4) is 0 Å². The molecule has 0 saturated heterocycles. The lowest BCUT2D eigenvalue weighted by Gasteiger charge is -2.24. The molecule has 0 heteroatoms. The largest absolute Gasteiger partial charge is 0.0616 e. The van der Waals surface area contributed by atoms with Gasteiger partial charge >= 0.3 is 0 Å². The lowest BCUT2D eigenvalue weighted by Crippen LogP contribution is -2.15. The van der Waals surface area contributed by atoms with Crippen LogP contribution in [0.2, 0.25) is 0 Å². The quantitative estimate of drug-likeness (QED) is 0.169. The summed E-state index contributed by atoms with van der Waals surface area (Å²) in [5.74, 6) is 0. The molecule has 1 aliphatic rings. The highest BCUT2D eigenvalue weighted by atomic mass is 14.4. The summed E-state index contributed by atoms with van der Waals surface area (Å²) in [6, 6.07) is 61.5. The van der Waals surface area contributed by atoms with Crippen molar-refractivity contribution in [3.8, 4) is 44.5 Å². The number of fused-ring (bicyclic) bond motifs is 7. The molecule has 0 fully saturated rings. The van der Waals surface area contributed by atoms with Gasteiger partial charge in [0.2, 0.25) is 0 Å². The Kier molecular flexibility index (Phi) is 6.24. The average molecular weight is 637 g/mol. The van der Waals surface area contributed by atoms with Gasteiger partial charge in [-0.15, -0.1) is 0 Å². The molecule has 0 spiro atoms. The van der Waals surface area contributed by atoms with Crippen molar-refractivity contribution in [1.29, 1.82) is 0 Å². The van der Waals surface area contributed by atoms with Crippen molar-refractivity contribution in [2.24, 2.45) is 0 Å². The third kappa shape index (κ3) is 4.31. The van der Waals surface area contributed by atoms with E-state index >= 15 is 0 Å². The van der Waals surface area contributed by atoms with Crippen LogP contribution < -0.4 is 0 Å². The van der Waals surface area contributed by atoms with Crippen LogP contribution >= 0.6 is 0 Å². The van der Waals surface area contributed by atoms with Crippen molar-refractivity contribution in [1.82, 2.24) is 0 Å². The van der Waals surface area contributed by atoms with E-state index in [4.69, 9.17) is 0 Å². The molecule has 0 unspecified atom stereocenters. The molecular formula is C50H36. The van der Waals surface area contributed by atoms with Gasteiger partial charge in [0, 0.05) is 5.41 Å². The number of hydrogen-bond acceptors (Lipinski definition) is 0. The topological polar surface area (TPSA) is 0 Å². The number of benzene rings is 9. The van der Waals surface area contributed by atoms with E-state index in [9.17, 15) is 0 Å². The van der Waals surface area contributed by atoms with Crippen LogP contribution in [0.15, 0.2) is 164 Å². The molecule has 0 atom stereocenters. The molecule has 0 heterocycles. The van der Waals surface area contributed by atoms with Crippen molar-refractivity contribution in [2.75, 3.05) is 0 Å². The van der Waals surface area contributed by atoms with Crippen LogP contribution in [0.1, 0.15) is 30.5 Å². The maximum Gasteiger partial charge on any atom is 0.0159 e. The average Bonchev–Trinajstić information content (AvgIpc) is 3.37. The second-order valence-corrected chi connectivity index (χ2v) is 14.6. The van der Waals surface area contributed by atoms with Gasteiger partial charge in [-0.1, -0.05) is 153 Å². The summed E-state index contributed by atoms with van der Waals surface area (Å²) in [7, 11) is 0. The zero-order valence-corrected chi connectivity index (χ0v) is 28.6. The Hall–Kier alpha value is -5.98. The first-order valence-corrected chi connectivity index (χ1v) is 17.7. The maximum absolute atomic E-state index is 2.54. The molecule has 1 aliphatic carbocycles. The monoisotopic (exact) mass is 636 g/mol. The van der Waals surface area contributed by atoms with Gasteiger partial charge in [0.05, 0.1) is 0 Å². The standard InChI is InChI=1S/C50H36/c1-31-16-18-34(19-17-31)37-24-25-40-43-29-44-45(30-47(43)50(2,3)46(40)28-37)49(39-23-21-33-11-5-7-13-36(33)27-39)42-15-9-8-14-41(42)48(44)38-22-20-32-10-4-6-12-35(32)26-38/h4-30H,1-3H3. The Morgan fingerprint density at radius 3 is 1.42 bits per heavy atom. The second kappa shape index (κ2) is 10.8. The molecule has 9 aromatic rings. The highest BCUT2D eigenvalue weighted by molar-refractivity contribution is 6.23. The van der Waals surface area contributed by atoms with Gasteiger partial charge in [-0.05, 0) is 136 Å². The Bertz CT molecular complexity index is 2830. The van der Waals surface area contributed by atoms with Crippen LogP contribution in [0.5, 0.6) is 0 Å². The summed E-state index contributed by atoms with van der Waals surface area (Å²) in [4.78, 5) is 0. The predicted molar refractivity (Wildman–Crippen MR) is 215 cm³/mol. The maximum atomic E-state index is 2.54. The van der Waals surface area contributed by atoms with E-state index in [2.05, 4.69) is 185 Å². The van der Waals surface area contributed by atoms with Gasteiger partial charge in [0.25, 0.3) is 0 Å². The Morgan fingerprint density at radius 2 is 0.820 bits per heavy atom. The molecule has 0 aliphatic heterocycles. The first-order valence-electron chi connectivity index (χ1n) is 17.7. The molecule has 10 rings (SSSR count). The molecule has 0 bridgehead atoms. The smallest absolute Gasteiger partial charge is 0.0159 e. The molecule has 9 aromatic carbocycles. The van der Waals surface area contributed by atoms with E-state index in [0.29, 0.717) is 0 Å². The zero-order chi connectivity index (χ0) is 33.6. The summed E-state index contributed by atoms with van der Waals surface area (Å²) < 4.78 is 0. The fourth-order valence-electron chi connectivity index (χ4n) is 8.64. The van der Waals surface area contributed by atoms with Crippen molar-refractivity contribution in [3.05, 3.63) is 180 Å². The molecule has 0 saturated carbocycles. The summed E-state index contributed by atoms with van der Waals surface area (Å²) >= 11 is 0. The highest BCUT2D eigenvalue weighted by Gasteiger charge is 2.37. The molecule has 236 valence electrons. The molecular weight excluding hydrogens is 601 g/mol. The molecule has 0 amide bonds. The van der Waals surface area contributed by atoms with E-state index in [1.807, 2.05) is 0 Å². The van der Waals surface area contributed by atoms with Crippen molar-refractivity contribution in [3.63, 3.8) is 0 Å². The Balaban J connectivity index is 1.31. The predicted octanol–water partition coefficient (Wildman–Crippen LogP) is 13.9. The van der Waals surface area contributed by atoms with Crippen LogP contribution in [0.25, 0.3) is 87.6 Å². The summed E-state index contributed by atoms with van der Waals surface area (Å²) in [6.07, 6.45) is 0. The van der Waals surface area contributed by atoms with Crippen LogP contribution in [-0.2, 0) is 5.41 Å².